The van der Waals surface area contributed by atoms with Crippen molar-refractivity contribution in [1.82, 2.24) is 9.78 Å². The Morgan fingerprint density at radius 3 is 2.72 bits per heavy atom. The molecule has 4 nitrogen and oxygen atoms in total. The van der Waals surface area contributed by atoms with Gasteiger partial charge in [-0.3, -0.25) is 4.68 Å². The molecule has 1 aromatic heterocycles. The molecule has 0 fully saturated rings. The SMILES string of the molecule is COc1ccc(C(N)c2c(Br)cnn2C)c(F)c1. The predicted octanol–water partition coefficient (Wildman–Crippen LogP) is 2.38. The topological polar surface area (TPSA) is 53.1 Å². The van der Waals surface area contributed by atoms with Crippen LogP contribution in [0.15, 0.2) is 28.9 Å². The first-order valence-electron chi connectivity index (χ1n) is 5.31. The summed E-state index contributed by atoms with van der Waals surface area (Å²) in [7, 11) is 3.26. The summed E-state index contributed by atoms with van der Waals surface area (Å²) in [5.41, 5.74) is 7.21. The first-order chi connectivity index (χ1) is 8.54. The number of aromatic nitrogens is 2. The van der Waals surface area contributed by atoms with Gasteiger partial charge in [-0.1, -0.05) is 6.07 Å². The van der Waals surface area contributed by atoms with E-state index >= 15 is 0 Å². The van der Waals surface area contributed by atoms with Crippen molar-refractivity contribution in [1.29, 1.82) is 0 Å². The van der Waals surface area contributed by atoms with Crippen LogP contribution in [0.3, 0.4) is 0 Å². The van der Waals surface area contributed by atoms with Gasteiger partial charge in [-0.2, -0.15) is 5.10 Å². The maximum absolute atomic E-state index is 13.9. The summed E-state index contributed by atoms with van der Waals surface area (Å²) in [4.78, 5) is 0. The lowest BCUT2D eigenvalue weighted by molar-refractivity contribution is 0.410. The Hall–Kier alpha value is -1.40. The first-order valence-corrected chi connectivity index (χ1v) is 6.10. The smallest absolute Gasteiger partial charge is 0.132 e. The molecule has 0 spiro atoms. The highest BCUT2D eigenvalue weighted by molar-refractivity contribution is 9.10. The Balaban J connectivity index is 2.43. The monoisotopic (exact) mass is 313 g/mol. The third kappa shape index (κ3) is 2.26. The second-order valence-corrected chi connectivity index (χ2v) is 4.72. The van der Waals surface area contributed by atoms with E-state index in [9.17, 15) is 4.39 Å². The molecule has 1 atom stereocenters. The first kappa shape index (κ1) is 13.0. The van der Waals surface area contributed by atoms with Gasteiger partial charge in [0.15, 0.2) is 0 Å². The standard InChI is InChI=1S/C12H13BrFN3O/c1-17-12(9(13)6-16-17)11(15)8-4-3-7(18-2)5-10(8)14/h3-6,11H,15H2,1-2H3. The summed E-state index contributed by atoms with van der Waals surface area (Å²) >= 11 is 3.36. The zero-order valence-corrected chi connectivity index (χ0v) is 11.6. The molecule has 96 valence electrons. The molecule has 1 unspecified atom stereocenters. The van der Waals surface area contributed by atoms with Crippen molar-refractivity contribution in [2.24, 2.45) is 12.8 Å². The van der Waals surface area contributed by atoms with E-state index < -0.39 is 11.9 Å². The highest BCUT2D eigenvalue weighted by atomic mass is 79.9. The summed E-state index contributed by atoms with van der Waals surface area (Å²) in [6.07, 6.45) is 1.64. The number of benzene rings is 1. The number of ether oxygens (including phenoxy) is 1. The Morgan fingerprint density at radius 2 is 2.22 bits per heavy atom. The Bertz CT molecular complexity index is 551. The molecule has 2 aromatic rings. The van der Waals surface area contributed by atoms with Gasteiger partial charge in [-0.25, -0.2) is 4.39 Å². The molecule has 6 heteroatoms. The largest absolute Gasteiger partial charge is 0.497 e. The molecule has 0 saturated carbocycles. The van der Waals surface area contributed by atoms with Gasteiger partial charge in [0, 0.05) is 18.7 Å². The van der Waals surface area contributed by atoms with Crippen molar-refractivity contribution >= 4 is 15.9 Å². The van der Waals surface area contributed by atoms with Crippen molar-refractivity contribution in [3.63, 3.8) is 0 Å². The molecular formula is C12H13BrFN3O. The van der Waals surface area contributed by atoms with Gasteiger partial charge < -0.3 is 10.5 Å². The highest BCUT2D eigenvalue weighted by Gasteiger charge is 2.20. The van der Waals surface area contributed by atoms with Crippen LogP contribution in [-0.2, 0) is 7.05 Å². The molecule has 0 aliphatic rings. The number of nitrogens with two attached hydrogens (primary N) is 1. The molecule has 0 amide bonds. The molecule has 2 N–H and O–H groups in total. The molecule has 2 rings (SSSR count). The fourth-order valence-electron chi connectivity index (χ4n) is 1.80. The molecule has 1 aromatic carbocycles. The van der Waals surface area contributed by atoms with E-state index in [1.165, 1.54) is 13.2 Å². The lowest BCUT2D eigenvalue weighted by atomic mass is 10.0. The van der Waals surface area contributed by atoms with Gasteiger partial charge >= 0.3 is 0 Å². The Morgan fingerprint density at radius 1 is 1.50 bits per heavy atom. The van der Waals surface area contributed by atoms with Gasteiger partial charge in [0.1, 0.15) is 11.6 Å². The molecule has 0 aliphatic carbocycles. The van der Waals surface area contributed by atoms with E-state index in [-0.39, 0.29) is 0 Å². The average molecular weight is 314 g/mol. The fraction of sp³-hybridized carbons (Fsp3) is 0.250. The van der Waals surface area contributed by atoms with E-state index in [0.717, 1.165) is 10.2 Å². The summed E-state index contributed by atoms with van der Waals surface area (Å²) in [6.45, 7) is 0. The van der Waals surface area contributed by atoms with E-state index in [0.29, 0.717) is 11.3 Å². The van der Waals surface area contributed by atoms with Crippen LogP contribution >= 0.6 is 15.9 Å². The molecule has 1 heterocycles. The zero-order valence-electron chi connectivity index (χ0n) is 10.0. The lowest BCUT2D eigenvalue weighted by Gasteiger charge is -2.15. The third-order valence-electron chi connectivity index (χ3n) is 2.77. The van der Waals surface area contributed by atoms with E-state index in [2.05, 4.69) is 21.0 Å². The number of methoxy groups -OCH3 is 1. The van der Waals surface area contributed by atoms with Crippen LogP contribution in [0.4, 0.5) is 4.39 Å². The Kier molecular flexibility index (Phi) is 3.68. The molecule has 0 radical (unpaired) electrons. The molecule has 0 bridgehead atoms. The van der Waals surface area contributed by atoms with Crippen LogP contribution in [0.5, 0.6) is 5.75 Å². The molecule has 0 aliphatic heterocycles. The number of aryl methyl sites for hydroxylation is 1. The van der Waals surface area contributed by atoms with Crippen LogP contribution in [0.1, 0.15) is 17.3 Å². The van der Waals surface area contributed by atoms with Crippen LogP contribution in [0.2, 0.25) is 0 Å². The van der Waals surface area contributed by atoms with Crippen molar-refractivity contribution in [2.45, 2.75) is 6.04 Å². The quantitative estimate of drug-likeness (QED) is 0.946. The van der Waals surface area contributed by atoms with Crippen molar-refractivity contribution < 1.29 is 9.13 Å². The van der Waals surface area contributed by atoms with Gasteiger partial charge in [0.25, 0.3) is 0 Å². The minimum absolute atomic E-state index is 0.394. The normalized spacial score (nSPS) is 12.5. The summed E-state index contributed by atoms with van der Waals surface area (Å²) in [6, 6.07) is 4.04. The van der Waals surface area contributed by atoms with Crippen molar-refractivity contribution in [3.8, 4) is 5.75 Å². The maximum Gasteiger partial charge on any atom is 0.132 e. The van der Waals surface area contributed by atoms with Gasteiger partial charge in [-0.15, -0.1) is 0 Å². The van der Waals surface area contributed by atoms with Gasteiger partial charge in [-0.05, 0) is 22.0 Å². The lowest BCUT2D eigenvalue weighted by Crippen LogP contribution is -2.17. The fourth-order valence-corrected chi connectivity index (χ4v) is 2.40. The zero-order chi connectivity index (χ0) is 13.3. The summed E-state index contributed by atoms with van der Waals surface area (Å²) < 4.78 is 21.3. The van der Waals surface area contributed by atoms with Crippen LogP contribution in [-0.4, -0.2) is 16.9 Å². The Labute approximate surface area is 113 Å². The number of hydrogen-bond donors (Lipinski definition) is 1. The number of rotatable bonds is 3. The number of nitrogens with zero attached hydrogens (tertiary/aromatic N) is 2. The minimum atomic E-state index is -0.585. The van der Waals surface area contributed by atoms with E-state index in [1.54, 1.807) is 30.1 Å². The third-order valence-corrected chi connectivity index (χ3v) is 3.39. The second kappa shape index (κ2) is 5.07. The average Bonchev–Trinajstić information content (AvgIpc) is 2.68. The van der Waals surface area contributed by atoms with Gasteiger partial charge in [0.05, 0.1) is 29.5 Å². The van der Waals surface area contributed by atoms with E-state index in [4.69, 9.17) is 10.5 Å². The highest BCUT2D eigenvalue weighted by Crippen LogP contribution is 2.29. The van der Waals surface area contributed by atoms with E-state index in [1.807, 2.05) is 0 Å². The molecular weight excluding hydrogens is 301 g/mol. The minimum Gasteiger partial charge on any atom is -0.497 e. The summed E-state index contributed by atoms with van der Waals surface area (Å²) in [5.74, 6) is 0.0717. The second-order valence-electron chi connectivity index (χ2n) is 3.87. The van der Waals surface area contributed by atoms with Crippen LogP contribution in [0, 0.1) is 5.82 Å². The molecule has 0 saturated heterocycles. The van der Waals surface area contributed by atoms with Gasteiger partial charge in [0.2, 0.25) is 0 Å². The number of hydrogen-bond acceptors (Lipinski definition) is 3. The predicted molar refractivity (Wildman–Crippen MR) is 69.9 cm³/mol. The number of halogens is 2. The molecule has 18 heavy (non-hydrogen) atoms. The van der Waals surface area contributed by atoms with Crippen LogP contribution in [0.25, 0.3) is 0 Å². The maximum atomic E-state index is 13.9. The van der Waals surface area contributed by atoms with Crippen LogP contribution < -0.4 is 10.5 Å². The van der Waals surface area contributed by atoms with Crippen molar-refractivity contribution in [2.75, 3.05) is 7.11 Å². The summed E-state index contributed by atoms with van der Waals surface area (Å²) in [5, 5.41) is 4.07. The van der Waals surface area contributed by atoms with Crippen molar-refractivity contribution in [3.05, 3.63) is 45.9 Å².